The summed E-state index contributed by atoms with van der Waals surface area (Å²) < 4.78 is 1.94. The van der Waals surface area contributed by atoms with Gasteiger partial charge in [-0.25, -0.2) is 4.98 Å². The minimum absolute atomic E-state index is 0.231. The molecule has 0 aliphatic carbocycles. The van der Waals surface area contributed by atoms with Gasteiger partial charge in [0.25, 0.3) is 0 Å². The van der Waals surface area contributed by atoms with Crippen molar-refractivity contribution in [2.24, 2.45) is 0 Å². The Kier molecular flexibility index (Phi) is 4.27. The number of pyridine rings is 1. The Morgan fingerprint density at radius 1 is 1.26 bits per heavy atom. The molecule has 1 atom stereocenters. The molecule has 5 heteroatoms. The van der Waals surface area contributed by atoms with E-state index in [1.54, 1.807) is 6.33 Å². The van der Waals surface area contributed by atoms with E-state index in [9.17, 15) is 0 Å². The Morgan fingerprint density at radius 2 is 1.95 bits per heavy atom. The topological polar surface area (TPSA) is 55.6 Å². The smallest absolute Gasteiger partial charge is 0.138 e. The van der Waals surface area contributed by atoms with Crippen LogP contribution >= 0.6 is 0 Å². The molecule has 0 saturated heterocycles. The molecule has 0 spiro atoms. The van der Waals surface area contributed by atoms with Crippen LogP contribution in [0.4, 0.5) is 0 Å². The van der Waals surface area contributed by atoms with Gasteiger partial charge in [0.05, 0.1) is 0 Å². The van der Waals surface area contributed by atoms with E-state index in [1.165, 1.54) is 5.56 Å². The molecule has 2 rings (SSSR count). The van der Waals surface area contributed by atoms with Crippen LogP contribution in [0.1, 0.15) is 35.7 Å². The predicted molar refractivity (Wildman–Crippen MR) is 74.9 cm³/mol. The third-order valence-electron chi connectivity index (χ3n) is 3.24. The van der Waals surface area contributed by atoms with Crippen molar-refractivity contribution in [3.8, 4) is 0 Å². The fourth-order valence-electron chi connectivity index (χ4n) is 2.35. The maximum atomic E-state index is 4.42. The number of nitrogens with one attached hydrogen (secondary N) is 1. The number of likely N-dealkylation sites (N-methyl/N-ethyl adjacent to an activating group) is 1. The lowest BCUT2D eigenvalue weighted by atomic mass is 10.0. The van der Waals surface area contributed by atoms with E-state index >= 15 is 0 Å². The van der Waals surface area contributed by atoms with Crippen LogP contribution in [0.25, 0.3) is 0 Å². The summed E-state index contributed by atoms with van der Waals surface area (Å²) in [4.78, 5) is 8.76. The molecule has 0 bridgehead atoms. The Labute approximate surface area is 114 Å². The van der Waals surface area contributed by atoms with Crippen molar-refractivity contribution in [1.29, 1.82) is 0 Å². The van der Waals surface area contributed by atoms with Gasteiger partial charge in [-0.05, 0) is 45.5 Å². The standard InChI is InChI=1S/C14H21N5/c1-5-19-14(16-9-17-19)8-13(15-4)12-6-10(2)18-11(3)7-12/h6-7,9,13,15H,5,8H2,1-4H3. The van der Waals surface area contributed by atoms with E-state index in [4.69, 9.17) is 0 Å². The van der Waals surface area contributed by atoms with E-state index in [0.717, 1.165) is 30.2 Å². The van der Waals surface area contributed by atoms with Crippen molar-refractivity contribution in [3.63, 3.8) is 0 Å². The van der Waals surface area contributed by atoms with Crippen molar-refractivity contribution >= 4 is 0 Å². The summed E-state index contributed by atoms with van der Waals surface area (Å²) in [6, 6.07) is 4.48. The van der Waals surface area contributed by atoms with Crippen LogP contribution in [0.5, 0.6) is 0 Å². The summed E-state index contributed by atoms with van der Waals surface area (Å²) in [6.45, 7) is 6.98. The third-order valence-corrected chi connectivity index (χ3v) is 3.24. The van der Waals surface area contributed by atoms with Crippen LogP contribution in [-0.4, -0.2) is 26.8 Å². The van der Waals surface area contributed by atoms with Gasteiger partial charge < -0.3 is 5.32 Å². The van der Waals surface area contributed by atoms with Crippen LogP contribution in [0, 0.1) is 13.8 Å². The maximum Gasteiger partial charge on any atom is 0.138 e. The fraction of sp³-hybridized carbons (Fsp3) is 0.500. The minimum atomic E-state index is 0.231. The summed E-state index contributed by atoms with van der Waals surface area (Å²) in [5.41, 5.74) is 3.34. The van der Waals surface area contributed by atoms with Crippen LogP contribution in [0.2, 0.25) is 0 Å². The maximum absolute atomic E-state index is 4.42. The van der Waals surface area contributed by atoms with Crippen LogP contribution < -0.4 is 5.32 Å². The van der Waals surface area contributed by atoms with E-state index in [0.29, 0.717) is 0 Å². The third kappa shape index (κ3) is 3.17. The zero-order valence-electron chi connectivity index (χ0n) is 12.0. The zero-order chi connectivity index (χ0) is 13.8. The molecule has 0 aliphatic rings. The highest BCUT2D eigenvalue weighted by Crippen LogP contribution is 2.18. The molecule has 0 aromatic carbocycles. The fourth-order valence-corrected chi connectivity index (χ4v) is 2.35. The molecule has 2 aromatic heterocycles. The Balaban J connectivity index is 2.25. The van der Waals surface area contributed by atoms with Crippen molar-refractivity contribution in [3.05, 3.63) is 41.2 Å². The number of hydrogen-bond donors (Lipinski definition) is 1. The van der Waals surface area contributed by atoms with Gasteiger partial charge in [-0.3, -0.25) is 9.67 Å². The minimum Gasteiger partial charge on any atom is -0.313 e. The lowest BCUT2D eigenvalue weighted by Crippen LogP contribution is -2.21. The lowest BCUT2D eigenvalue weighted by Gasteiger charge is -2.17. The molecule has 19 heavy (non-hydrogen) atoms. The van der Waals surface area contributed by atoms with Gasteiger partial charge >= 0.3 is 0 Å². The van der Waals surface area contributed by atoms with E-state index in [1.807, 2.05) is 25.6 Å². The molecule has 0 radical (unpaired) electrons. The highest BCUT2D eigenvalue weighted by molar-refractivity contribution is 5.24. The van der Waals surface area contributed by atoms with Crippen molar-refractivity contribution < 1.29 is 0 Å². The van der Waals surface area contributed by atoms with Crippen LogP contribution in [-0.2, 0) is 13.0 Å². The highest BCUT2D eigenvalue weighted by Gasteiger charge is 2.14. The first-order valence-corrected chi connectivity index (χ1v) is 6.63. The molecule has 0 fully saturated rings. The van der Waals surface area contributed by atoms with Gasteiger partial charge in [-0.2, -0.15) is 5.10 Å². The van der Waals surface area contributed by atoms with Crippen LogP contribution in [0.3, 0.4) is 0 Å². The van der Waals surface area contributed by atoms with Crippen molar-refractivity contribution in [1.82, 2.24) is 25.1 Å². The highest BCUT2D eigenvalue weighted by atomic mass is 15.3. The van der Waals surface area contributed by atoms with Gasteiger partial charge in [0, 0.05) is 30.4 Å². The van der Waals surface area contributed by atoms with Gasteiger partial charge in [0.15, 0.2) is 0 Å². The first-order valence-electron chi connectivity index (χ1n) is 6.63. The first-order chi connectivity index (χ1) is 9.13. The summed E-state index contributed by atoms with van der Waals surface area (Å²) in [5, 5.41) is 7.57. The summed E-state index contributed by atoms with van der Waals surface area (Å²) in [5.74, 6) is 1.01. The number of nitrogens with zero attached hydrogens (tertiary/aromatic N) is 4. The summed E-state index contributed by atoms with van der Waals surface area (Å²) in [6.07, 6.45) is 2.45. The molecular weight excluding hydrogens is 238 g/mol. The lowest BCUT2D eigenvalue weighted by molar-refractivity contribution is 0.532. The zero-order valence-corrected chi connectivity index (χ0v) is 12.0. The molecule has 1 N–H and O–H groups in total. The van der Waals surface area contributed by atoms with E-state index in [2.05, 4.69) is 39.4 Å². The number of rotatable bonds is 5. The molecule has 2 heterocycles. The van der Waals surface area contributed by atoms with Crippen molar-refractivity contribution in [2.45, 2.75) is 39.8 Å². The number of hydrogen-bond acceptors (Lipinski definition) is 4. The Bertz CT molecular complexity index is 526. The first kappa shape index (κ1) is 13.7. The number of aromatic nitrogens is 4. The second kappa shape index (κ2) is 5.93. The summed E-state index contributed by atoms with van der Waals surface area (Å²) >= 11 is 0. The average Bonchev–Trinajstić information content (AvgIpc) is 2.81. The quantitative estimate of drug-likeness (QED) is 0.889. The molecule has 5 nitrogen and oxygen atoms in total. The molecule has 1 unspecified atom stereocenters. The second-order valence-corrected chi connectivity index (χ2v) is 4.72. The Morgan fingerprint density at radius 3 is 2.53 bits per heavy atom. The molecule has 102 valence electrons. The van der Waals surface area contributed by atoms with Gasteiger partial charge in [0.2, 0.25) is 0 Å². The molecule has 0 amide bonds. The molecular formula is C14H21N5. The largest absolute Gasteiger partial charge is 0.313 e. The predicted octanol–water partition coefficient (Wildman–Crippen LogP) is 1.81. The second-order valence-electron chi connectivity index (χ2n) is 4.72. The van der Waals surface area contributed by atoms with Crippen LogP contribution in [0.15, 0.2) is 18.5 Å². The Hall–Kier alpha value is -1.75. The monoisotopic (exact) mass is 259 g/mol. The van der Waals surface area contributed by atoms with Gasteiger partial charge in [-0.1, -0.05) is 0 Å². The average molecular weight is 259 g/mol. The van der Waals surface area contributed by atoms with E-state index in [-0.39, 0.29) is 6.04 Å². The molecule has 0 saturated carbocycles. The molecule has 2 aromatic rings. The normalized spacial score (nSPS) is 12.6. The summed E-state index contributed by atoms with van der Waals surface area (Å²) in [7, 11) is 1.97. The number of aryl methyl sites for hydroxylation is 3. The molecule has 0 aliphatic heterocycles. The SMILES string of the molecule is CCn1ncnc1CC(NC)c1cc(C)nc(C)c1. The van der Waals surface area contributed by atoms with Gasteiger partial charge in [-0.15, -0.1) is 0 Å². The van der Waals surface area contributed by atoms with Crippen molar-refractivity contribution in [2.75, 3.05) is 7.05 Å². The van der Waals surface area contributed by atoms with Gasteiger partial charge in [0.1, 0.15) is 12.2 Å². The van der Waals surface area contributed by atoms with E-state index < -0.39 is 0 Å².